The molecule has 0 aliphatic heterocycles. The summed E-state index contributed by atoms with van der Waals surface area (Å²) < 4.78 is 1.71. The zero-order chi connectivity index (χ0) is 19.7. The van der Waals surface area contributed by atoms with Gasteiger partial charge in [0.2, 0.25) is 5.78 Å². The number of anilines is 1. The van der Waals surface area contributed by atoms with Crippen LogP contribution in [-0.4, -0.2) is 11.6 Å². The van der Waals surface area contributed by atoms with Crippen molar-refractivity contribution in [3.8, 4) is 0 Å². The maximum atomic E-state index is 13.3. The fourth-order valence-corrected chi connectivity index (χ4v) is 3.34. The zero-order valence-electron chi connectivity index (χ0n) is 16.3. The van der Waals surface area contributed by atoms with Crippen molar-refractivity contribution >= 4 is 23.0 Å². The summed E-state index contributed by atoms with van der Waals surface area (Å²) in [6.45, 7) is 4.08. The van der Waals surface area contributed by atoms with Gasteiger partial charge in [-0.15, -0.1) is 0 Å². The molecule has 2 aromatic carbocycles. The van der Waals surface area contributed by atoms with Gasteiger partial charge in [0.1, 0.15) is 0 Å². The van der Waals surface area contributed by atoms with Crippen LogP contribution in [0.1, 0.15) is 38.8 Å². The van der Waals surface area contributed by atoms with Gasteiger partial charge in [0.05, 0.1) is 0 Å². The van der Waals surface area contributed by atoms with Crippen molar-refractivity contribution in [2.45, 2.75) is 20.3 Å². The average Bonchev–Trinajstić information content (AvgIpc) is 2.73. The number of aryl methyl sites for hydroxylation is 2. The first-order valence-electron chi connectivity index (χ1n) is 9.35. The Hall–Kier alpha value is -2.80. The molecular weight excluding hydrogens is 475 g/mol. The van der Waals surface area contributed by atoms with Gasteiger partial charge in [0.15, 0.2) is 18.1 Å². The Labute approximate surface area is 187 Å². The number of benzene rings is 2. The molecule has 29 heavy (non-hydrogen) atoms. The number of carbonyl (C=O) groups is 2. The molecule has 0 spiro atoms. The van der Waals surface area contributed by atoms with Crippen molar-refractivity contribution in [2.24, 2.45) is 0 Å². The van der Waals surface area contributed by atoms with Crippen LogP contribution in [0.2, 0.25) is 0 Å². The number of allylic oxidation sites excluding steroid dienone is 2. The van der Waals surface area contributed by atoms with Gasteiger partial charge in [0, 0.05) is 28.9 Å². The van der Waals surface area contributed by atoms with Crippen LogP contribution in [0.4, 0.5) is 5.69 Å². The fourth-order valence-electron chi connectivity index (χ4n) is 3.34. The van der Waals surface area contributed by atoms with Crippen molar-refractivity contribution in [3.63, 3.8) is 0 Å². The summed E-state index contributed by atoms with van der Waals surface area (Å²) >= 11 is 0. The van der Waals surface area contributed by atoms with Gasteiger partial charge in [-0.1, -0.05) is 43.3 Å². The summed E-state index contributed by atoms with van der Waals surface area (Å²) in [4.78, 5) is 26.5. The molecule has 0 unspecified atom stereocenters. The maximum Gasteiger partial charge on any atom is 0.286 e. The number of Topliss-reactive ketones (excluding diaryl/α,β-unsaturated/α-hetero) is 2. The number of hydrogen-bond donors (Lipinski definition) is 1. The van der Waals surface area contributed by atoms with Crippen LogP contribution in [0.3, 0.4) is 0 Å². The molecule has 0 saturated carbocycles. The first-order valence-corrected chi connectivity index (χ1v) is 9.35. The Morgan fingerprint density at radius 3 is 2.00 bits per heavy atom. The smallest absolute Gasteiger partial charge is 0.286 e. The molecule has 1 aromatic heterocycles. The van der Waals surface area contributed by atoms with E-state index in [1.165, 1.54) is 5.56 Å². The molecule has 0 fully saturated rings. The second-order valence-corrected chi connectivity index (χ2v) is 6.89. The summed E-state index contributed by atoms with van der Waals surface area (Å²) in [5.74, 6) is -0.352. The van der Waals surface area contributed by atoms with Gasteiger partial charge >= 0.3 is 0 Å². The van der Waals surface area contributed by atoms with E-state index in [0.717, 1.165) is 17.7 Å². The standard InChI is InChI=1S/C24H20N2O2.HI/c1-3-17-8-10-18(11-9-17)25-21-22(26-14-12-16(2)13-15-26)24(28)20-7-5-4-6-19(20)23(21)27;/h4-15H,3H2,1-2H3;1H. The predicted octanol–water partition coefficient (Wildman–Crippen LogP) is 1.21. The number of nitrogens with zero attached hydrogens (tertiary/aromatic N) is 1. The number of rotatable bonds is 4. The number of halogens is 1. The summed E-state index contributed by atoms with van der Waals surface area (Å²) in [7, 11) is 0. The second-order valence-electron chi connectivity index (χ2n) is 6.89. The number of pyridine rings is 1. The SMILES string of the molecule is CCc1ccc(NC2=C([n+]3ccc(C)cc3)C(=O)c3ccccc3C2=O)cc1.[I-]. The highest BCUT2D eigenvalue weighted by Crippen LogP contribution is 2.27. The Bertz CT molecular complexity index is 1100. The van der Waals surface area contributed by atoms with Crippen LogP contribution >= 0.6 is 0 Å². The Morgan fingerprint density at radius 2 is 1.41 bits per heavy atom. The van der Waals surface area contributed by atoms with E-state index in [2.05, 4.69) is 12.2 Å². The molecule has 3 aromatic rings. The van der Waals surface area contributed by atoms with E-state index in [9.17, 15) is 9.59 Å². The minimum absolute atomic E-state index is 0. The van der Waals surface area contributed by atoms with E-state index in [4.69, 9.17) is 0 Å². The lowest BCUT2D eigenvalue weighted by molar-refractivity contribution is -0.577. The van der Waals surface area contributed by atoms with Gasteiger partial charge in [-0.05, 0) is 36.6 Å². The topological polar surface area (TPSA) is 50.1 Å². The summed E-state index contributed by atoms with van der Waals surface area (Å²) in [5.41, 5.74) is 4.56. The minimum Gasteiger partial charge on any atom is -1.00 e. The van der Waals surface area contributed by atoms with E-state index < -0.39 is 0 Å². The van der Waals surface area contributed by atoms with Gasteiger partial charge in [-0.3, -0.25) is 9.59 Å². The number of fused-ring (bicyclic) bond motifs is 1. The van der Waals surface area contributed by atoms with Crippen molar-refractivity contribution in [1.29, 1.82) is 0 Å². The second kappa shape index (κ2) is 8.69. The molecule has 1 heterocycles. The number of ketones is 2. The van der Waals surface area contributed by atoms with Gasteiger partial charge < -0.3 is 29.3 Å². The average molecular weight is 496 g/mol. The van der Waals surface area contributed by atoms with E-state index in [1.807, 2.05) is 55.7 Å². The maximum absolute atomic E-state index is 13.3. The third-order valence-corrected chi connectivity index (χ3v) is 4.98. The molecule has 4 nitrogen and oxygen atoms in total. The van der Waals surface area contributed by atoms with E-state index in [1.54, 1.807) is 28.8 Å². The molecule has 0 saturated heterocycles. The Kier molecular flexibility index (Phi) is 6.27. The Morgan fingerprint density at radius 1 is 0.828 bits per heavy atom. The first kappa shape index (κ1) is 20.9. The van der Waals surface area contributed by atoms with Crippen molar-refractivity contribution in [2.75, 3.05) is 5.32 Å². The van der Waals surface area contributed by atoms with Crippen molar-refractivity contribution in [3.05, 3.63) is 101 Å². The molecule has 146 valence electrons. The lowest BCUT2D eigenvalue weighted by atomic mass is 9.90. The monoisotopic (exact) mass is 496 g/mol. The van der Waals surface area contributed by atoms with Crippen LogP contribution in [0.25, 0.3) is 5.70 Å². The zero-order valence-corrected chi connectivity index (χ0v) is 18.4. The van der Waals surface area contributed by atoms with Crippen molar-refractivity contribution < 1.29 is 38.1 Å². The van der Waals surface area contributed by atoms with E-state index in [-0.39, 0.29) is 35.5 Å². The van der Waals surface area contributed by atoms with Crippen LogP contribution in [0.5, 0.6) is 0 Å². The highest BCUT2D eigenvalue weighted by Gasteiger charge is 2.38. The molecule has 0 atom stereocenters. The molecule has 0 amide bonds. The van der Waals surface area contributed by atoms with Crippen LogP contribution < -0.4 is 33.9 Å². The molecule has 4 rings (SSSR count). The molecule has 0 radical (unpaired) electrons. The van der Waals surface area contributed by atoms with E-state index >= 15 is 0 Å². The van der Waals surface area contributed by atoms with Crippen LogP contribution in [0.15, 0.2) is 78.8 Å². The van der Waals surface area contributed by atoms with Gasteiger partial charge in [-0.2, -0.15) is 4.57 Å². The quantitative estimate of drug-likeness (QED) is 0.437. The summed E-state index contributed by atoms with van der Waals surface area (Å²) in [5, 5.41) is 3.20. The lowest BCUT2D eigenvalue weighted by Crippen LogP contribution is -3.00. The van der Waals surface area contributed by atoms with Gasteiger partial charge in [-0.25, -0.2) is 0 Å². The van der Waals surface area contributed by atoms with Crippen molar-refractivity contribution in [1.82, 2.24) is 0 Å². The summed E-state index contributed by atoms with van der Waals surface area (Å²) in [6, 6.07) is 18.7. The molecule has 1 N–H and O–H groups in total. The van der Waals surface area contributed by atoms with E-state index in [0.29, 0.717) is 22.5 Å². The molecule has 0 bridgehead atoms. The van der Waals surface area contributed by atoms with Gasteiger partial charge in [0.25, 0.3) is 11.5 Å². The molecule has 1 aliphatic rings. The van der Waals surface area contributed by atoms with Crippen LogP contribution in [0, 0.1) is 6.92 Å². The number of carbonyl (C=O) groups excluding carboxylic acids is 2. The van der Waals surface area contributed by atoms with Crippen LogP contribution in [-0.2, 0) is 6.42 Å². The third-order valence-electron chi connectivity index (χ3n) is 4.98. The Balaban J connectivity index is 0.00000240. The third kappa shape index (κ3) is 4.00. The lowest BCUT2D eigenvalue weighted by Gasteiger charge is -2.18. The fraction of sp³-hybridized carbons (Fsp3) is 0.125. The summed E-state index contributed by atoms with van der Waals surface area (Å²) in [6.07, 6.45) is 4.56. The first-order chi connectivity index (χ1) is 13.6. The highest BCUT2D eigenvalue weighted by atomic mass is 127. The number of nitrogens with one attached hydrogen (secondary N) is 1. The largest absolute Gasteiger partial charge is 1.00 e. The minimum atomic E-state index is -0.183. The highest BCUT2D eigenvalue weighted by molar-refractivity contribution is 6.36. The number of aromatic nitrogens is 1. The predicted molar refractivity (Wildman–Crippen MR) is 109 cm³/mol. The molecule has 1 aliphatic carbocycles. The molecular formula is C24H21IN2O2. The normalized spacial score (nSPS) is 13.0. The number of hydrogen-bond acceptors (Lipinski definition) is 3. The molecule has 5 heteroatoms.